The molecule has 0 aromatic heterocycles. The predicted molar refractivity (Wildman–Crippen MR) is 148 cm³/mol. The lowest BCUT2D eigenvalue weighted by molar-refractivity contribution is 0.0791. The highest BCUT2D eigenvalue weighted by Crippen LogP contribution is 2.30. The van der Waals surface area contributed by atoms with Crippen molar-refractivity contribution >= 4 is 11.7 Å². The van der Waals surface area contributed by atoms with Crippen molar-refractivity contribution in [3.8, 4) is 0 Å². The minimum atomic E-state index is -0.164. The number of likely N-dealkylation sites (tertiary alicyclic amines) is 2. The zero-order chi connectivity index (χ0) is 25.5. The van der Waals surface area contributed by atoms with Gasteiger partial charge in [0.15, 0.2) is 0 Å². The number of urea groups is 1. The van der Waals surface area contributed by atoms with E-state index in [1.165, 1.54) is 24.0 Å². The number of piperidine rings is 2. The Kier molecular flexibility index (Phi) is 8.52. The third kappa shape index (κ3) is 6.98. The fourth-order valence-corrected chi connectivity index (χ4v) is 6.11. The molecule has 0 bridgehead atoms. The smallest absolute Gasteiger partial charge is 0.321 e. The van der Waals surface area contributed by atoms with E-state index in [9.17, 15) is 9.18 Å². The predicted octanol–water partition coefficient (Wildman–Crippen LogP) is 6.64. The van der Waals surface area contributed by atoms with Crippen LogP contribution in [0.3, 0.4) is 0 Å². The van der Waals surface area contributed by atoms with E-state index >= 15 is 0 Å². The molecule has 2 amide bonds. The van der Waals surface area contributed by atoms with Gasteiger partial charge in [0.1, 0.15) is 5.82 Å². The van der Waals surface area contributed by atoms with Gasteiger partial charge in [-0.3, -0.25) is 0 Å². The van der Waals surface area contributed by atoms with Gasteiger partial charge in [-0.1, -0.05) is 60.7 Å². The Morgan fingerprint density at radius 2 is 1.43 bits per heavy atom. The molecular weight excluding hydrogens is 461 g/mol. The molecule has 0 spiro atoms. The molecule has 2 saturated heterocycles. The molecular formula is C32H38FN3O. The zero-order valence-corrected chi connectivity index (χ0v) is 21.6. The summed E-state index contributed by atoms with van der Waals surface area (Å²) < 4.78 is 13.3. The summed E-state index contributed by atoms with van der Waals surface area (Å²) in [7, 11) is 0. The number of anilines is 1. The van der Waals surface area contributed by atoms with E-state index in [1.807, 2.05) is 42.5 Å². The van der Waals surface area contributed by atoms with Gasteiger partial charge in [-0.15, -0.1) is 0 Å². The number of benzene rings is 3. The van der Waals surface area contributed by atoms with Gasteiger partial charge >= 0.3 is 6.03 Å². The molecule has 4 nitrogen and oxygen atoms in total. The topological polar surface area (TPSA) is 35.6 Å². The summed E-state index contributed by atoms with van der Waals surface area (Å²) >= 11 is 0. The number of hydrogen-bond acceptors (Lipinski definition) is 2. The lowest BCUT2D eigenvalue weighted by atomic mass is 9.83. The molecule has 2 aliphatic rings. The van der Waals surface area contributed by atoms with Crippen molar-refractivity contribution in [3.05, 3.63) is 102 Å². The Labute approximate surface area is 220 Å². The summed E-state index contributed by atoms with van der Waals surface area (Å²) in [6.07, 6.45) is 6.45. The van der Waals surface area contributed by atoms with Crippen molar-refractivity contribution < 1.29 is 9.18 Å². The molecule has 37 heavy (non-hydrogen) atoms. The van der Waals surface area contributed by atoms with Crippen LogP contribution in [0, 0.1) is 17.7 Å². The molecule has 0 radical (unpaired) electrons. The van der Waals surface area contributed by atoms with Crippen molar-refractivity contribution in [2.45, 2.75) is 44.6 Å². The quantitative estimate of drug-likeness (QED) is 0.396. The summed E-state index contributed by atoms with van der Waals surface area (Å²) in [6.45, 7) is 4.02. The number of para-hydroxylation sites is 1. The van der Waals surface area contributed by atoms with E-state index < -0.39 is 0 Å². The summed E-state index contributed by atoms with van der Waals surface area (Å²) in [4.78, 5) is 18.1. The maximum atomic E-state index is 13.4. The molecule has 2 heterocycles. The Bertz CT molecular complexity index is 1110. The first-order valence-corrected chi connectivity index (χ1v) is 13.8. The van der Waals surface area contributed by atoms with Gasteiger partial charge in [-0.2, -0.15) is 0 Å². The average molecular weight is 500 g/mol. The van der Waals surface area contributed by atoms with Gasteiger partial charge in [0.25, 0.3) is 0 Å². The van der Waals surface area contributed by atoms with Crippen LogP contribution in [-0.2, 0) is 12.8 Å². The summed E-state index contributed by atoms with van der Waals surface area (Å²) in [5.41, 5.74) is 3.36. The van der Waals surface area contributed by atoms with Crippen LogP contribution < -0.4 is 5.32 Å². The summed E-state index contributed by atoms with van der Waals surface area (Å²) in [6, 6.07) is 27.5. The molecule has 1 N–H and O–H groups in total. The van der Waals surface area contributed by atoms with E-state index in [4.69, 9.17) is 0 Å². The van der Waals surface area contributed by atoms with Crippen LogP contribution in [0.5, 0.6) is 0 Å². The number of hydrogen-bond donors (Lipinski definition) is 1. The van der Waals surface area contributed by atoms with Crippen molar-refractivity contribution in [2.24, 2.45) is 11.8 Å². The molecule has 0 saturated carbocycles. The Morgan fingerprint density at radius 1 is 0.784 bits per heavy atom. The van der Waals surface area contributed by atoms with Crippen LogP contribution in [0.1, 0.15) is 36.8 Å². The van der Waals surface area contributed by atoms with Crippen LogP contribution in [0.4, 0.5) is 14.9 Å². The van der Waals surface area contributed by atoms with E-state index in [-0.39, 0.29) is 17.9 Å². The maximum Gasteiger partial charge on any atom is 0.322 e. The van der Waals surface area contributed by atoms with Gasteiger partial charge in [0.2, 0.25) is 0 Å². The first-order chi connectivity index (χ1) is 18.1. The first-order valence-electron chi connectivity index (χ1n) is 13.8. The number of rotatable bonds is 7. The van der Waals surface area contributed by atoms with Gasteiger partial charge in [0.05, 0.1) is 0 Å². The van der Waals surface area contributed by atoms with Crippen LogP contribution >= 0.6 is 0 Å². The zero-order valence-electron chi connectivity index (χ0n) is 21.6. The van der Waals surface area contributed by atoms with Gasteiger partial charge in [0, 0.05) is 24.8 Å². The molecule has 2 atom stereocenters. The first kappa shape index (κ1) is 25.5. The second-order valence-corrected chi connectivity index (χ2v) is 10.7. The monoisotopic (exact) mass is 499 g/mol. The molecule has 2 aliphatic heterocycles. The molecule has 2 fully saturated rings. The van der Waals surface area contributed by atoms with Gasteiger partial charge in [-0.25, -0.2) is 9.18 Å². The molecule has 5 heteroatoms. The SMILES string of the molecule is O=C(Nc1ccccc1)N1CCC[C@H](CN2CCC(Cc3ccc(F)cc3)CC2)[C@H]1Cc1ccccc1. The normalized spacial score (nSPS) is 21.1. The second kappa shape index (κ2) is 12.4. The van der Waals surface area contributed by atoms with Crippen LogP contribution in [-0.4, -0.2) is 48.1 Å². The number of nitrogens with zero attached hydrogens (tertiary/aromatic N) is 2. The average Bonchev–Trinajstić information content (AvgIpc) is 2.93. The highest BCUT2D eigenvalue weighted by molar-refractivity contribution is 5.89. The van der Waals surface area contributed by atoms with E-state index in [1.54, 1.807) is 12.1 Å². The van der Waals surface area contributed by atoms with Crippen LogP contribution in [0.15, 0.2) is 84.9 Å². The van der Waals surface area contributed by atoms with Gasteiger partial charge < -0.3 is 15.1 Å². The highest BCUT2D eigenvalue weighted by atomic mass is 19.1. The van der Waals surface area contributed by atoms with E-state index in [0.29, 0.717) is 11.8 Å². The summed E-state index contributed by atoms with van der Waals surface area (Å²) in [5, 5.41) is 3.13. The van der Waals surface area contributed by atoms with E-state index in [0.717, 1.165) is 57.5 Å². The fourth-order valence-electron chi connectivity index (χ4n) is 6.11. The molecule has 0 aliphatic carbocycles. The minimum Gasteiger partial charge on any atom is -0.321 e. The van der Waals surface area contributed by atoms with Crippen molar-refractivity contribution in [2.75, 3.05) is 31.5 Å². The molecule has 194 valence electrons. The Morgan fingerprint density at radius 3 is 2.14 bits per heavy atom. The number of halogens is 1. The second-order valence-electron chi connectivity index (χ2n) is 10.7. The fraction of sp³-hybridized carbons (Fsp3) is 0.406. The summed E-state index contributed by atoms with van der Waals surface area (Å²) in [5.74, 6) is 0.938. The maximum absolute atomic E-state index is 13.4. The van der Waals surface area contributed by atoms with Crippen LogP contribution in [0.2, 0.25) is 0 Å². The van der Waals surface area contributed by atoms with Crippen LogP contribution in [0.25, 0.3) is 0 Å². The number of amides is 2. The number of carbonyl (C=O) groups is 1. The number of carbonyl (C=O) groups excluding carboxylic acids is 1. The minimum absolute atomic E-state index is 0.00911. The number of nitrogens with one attached hydrogen (secondary N) is 1. The lowest BCUT2D eigenvalue weighted by Gasteiger charge is -2.44. The largest absolute Gasteiger partial charge is 0.322 e. The third-order valence-corrected chi connectivity index (χ3v) is 8.13. The lowest BCUT2D eigenvalue weighted by Crippen LogP contribution is -2.54. The van der Waals surface area contributed by atoms with Gasteiger partial charge in [-0.05, 0) is 98.8 Å². The molecule has 3 aromatic carbocycles. The van der Waals surface area contributed by atoms with Crippen molar-refractivity contribution in [1.29, 1.82) is 0 Å². The molecule has 0 unspecified atom stereocenters. The third-order valence-electron chi connectivity index (χ3n) is 8.13. The van der Waals surface area contributed by atoms with Crippen molar-refractivity contribution in [1.82, 2.24) is 9.80 Å². The highest BCUT2D eigenvalue weighted by Gasteiger charge is 2.36. The van der Waals surface area contributed by atoms with E-state index in [2.05, 4.69) is 45.4 Å². The Balaban J connectivity index is 1.23. The Hall–Kier alpha value is -3.18. The molecule has 5 rings (SSSR count). The van der Waals surface area contributed by atoms with Crippen molar-refractivity contribution in [3.63, 3.8) is 0 Å². The molecule has 3 aromatic rings. The standard InChI is InChI=1S/C32H38FN3O/c33-29-15-13-26(14-16-29)22-27-17-20-35(21-18-27)24-28-10-7-19-36(31(28)23-25-8-3-1-4-9-25)32(37)34-30-11-5-2-6-12-30/h1-6,8-9,11-16,27-28,31H,7,10,17-24H2,(H,34,37)/t28-,31-/m1/s1.